The maximum Gasteiger partial charge on any atom is 0.258 e. The second-order valence-electron chi connectivity index (χ2n) is 6.64. The first-order chi connectivity index (χ1) is 14.0. The first kappa shape index (κ1) is 21.1. The van der Waals surface area contributed by atoms with E-state index in [-0.39, 0.29) is 35.7 Å². The van der Waals surface area contributed by atoms with Crippen LogP contribution >= 0.6 is 11.6 Å². The molecule has 8 heteroatoms. The van der Waals surface area contributed by atoms with Crippen LogP contribution in [-0.4, -0.2) is 37.7 Å². The van der Waals surface area contributed by atoms with Gasteiger partial charge in [-0.25, -0.2) is 4.39 Å². The minimum absolute atomic E-state index is 0.0370. The minimum atomic E-state index is -0.511. The summed E-state index contributed by atoms with van der Waals surface area (Å²) < 4.78 is 24.2. The highest BCUT2D eigenvalue weighted by molar-refractivity contribution is 6.33. The van der Waals surface area contributed by atoms with Crippen molar-refractivity contribution in [1.29, 1.82) is 0 Å². The fraction of sp³-hybridized carbons (Fsp3) is 0.333. The Morgan fingerprint density at radius 1 is 1.21 bits per heavy atom. The second kappa shape index (κ2) is 10.2. The molecule has 1 fully saturated rings. The molecule has 2 aromatic rings. The summed E-state index contributed by atoms with van der Waals surface area (Å²) in [4.78, 5) is 24.3. The van der Waals surface area contributed by atoms with Crippen LogP contribution in [-0.2, 0) is 16.1 Å². The zero-order chi connectivity index (χ0) is 20.6. The predicted molar refractivity (Wildman–Crippen MR) is 107 cm³/mol. The number of carbonyl (C=O) groups excluding carboxylic acids is 2. The lowest BCUT2D eigenvalue weighted by atomic mass is 10.1. The van der Waals surface area contributed by atoms with E-state index >= 15 is 0 Å². The Balaban J connectivity index is 1.51. The van der Waals surface area contributed by atoms with E-state index in [9.17, 15) is 14.0 Å². The van der Waals surface area contributed by atoms with E-state index in [0.717, 1.165) is 25.5 Å². The molecule has 2 N–H and O–H groups in total. The second-order valence-corrected chi connectivity index (χ2v) is 7.05. The van der Waals surface area contributed by atoms with E-state index < -0.39 is 11.7 Å². The first-order valence-corrected chi connectivity index (χ1v) is 9.73. The van der Waals surface area contributed by atoms with Gasteiger partial charge in [0, 0.05) is 25.3 Å². The Morgan fingerprint density at radius 2 is 2.03 bits per heavy atom. The first-order valence-electron chi connectivity index (χ1n) is 9.35. The summed E-state index contributed by atoms with van der Waals surface area (Å²) in [6, 6.07) is 10.7. The van der Waals surface area contributed by atoms with Crippen molar-refractivity contribution in [3.63, 3.8) is 0 Å². The lowest BCUT2D eigenvalue weighted by Crippen LogP contribution is -2.35. The Kier molecular flexibility index (Phi) is 7.43. The normalized spacial score (nSPS) is 15.7. The molecule has 1 heterocycles. The van der Waals surface area contributed by atoms with Crippen molar-refractivity contribution in [3.05, 3.63) is 64.4 Å². The summed E-state index contributed by atoms with van der Waals surface area (Å²) in [7, 11) is 0. The molecule has 1 saturated heterocycles. The van der Waals surface area contributed by atoms with Gasteiger partial charge >= 0.3 is 0 Å². The van der Waals surface area contributed by atoms with Gasteiger partial charge in [-0.1, -0.05) is 29.8 Å². The Morgan fingerprint density at radius 3 is 2.79 bits per heavy atom. The Labute approximate surface area is 173 Å². The maximum absolute atomic E-state index is 13.1. The standard InChI is InChI=1S/C21H22ClFN2O4/c22-18-10-15(23)7-8-17(18)21(27)25-11-14-4-1-2-6-19(14)29-13-20(26)24-12-16-5-3-9-28-16/h1-2,4,6-8,10,16H,3,5,9,11-13H2,(H,24,26)(H,25,27)/t16-/m0/s1. The predicted octanol–water partition coefficient (Wildman–Crippen LogP) is 3.08. The molecule has 3 rings (SSSR count). The van der Waals surface area contributed by atoms with Gasteiger partial charge in [-0.15, -0.1) is 0 Å². The summed E-state index contributed by atoms with van der Waals surface area (Å²) >= 11 is 5.92. The zero-order valence-corrected chi connectivity index (χ0v) is 16.5. The van der Waals surface area contributed by atoms with Crippen LogP contribution in [0, 0.1) is 5.82 Å². The van der Waals surface area contributed by atoms with E-state index in [1.807, 2.05) is 0 Å². The molecule has 1 atom stereocenters. The van der Waals surface area contributed by atoms with Crippen LogP contribution in [0.5, 0.6) is 5.75 Å². The summed E-state index contributed by atoms with van der Waals surface area (Å²) in [6.45, 7) is 1.24. The Bertz CT molecular complexity index is 872. The van der Waals surface area contributed by atoms with Gasteiger partial charge in [-0.3, -0.25) is 9.59 Å². The van der Waals surface area contributed by atoms with Crippen molar-refractivity contribution < 1.29 is 23.5 Å². The number of benzene rings is 2. The van der Waals surface area contributed by atoms with Crippen LogP contribution in [0.25, 0.3) is 0 Å². The molecule has 0 unspecified atom stereocenters. The van der Waals surface area contributed by atoms with Gasteiger partial charge in [0.05, 0.1) is 16.7 Å². The van der Waals surface area contributed by atoms with Crippen LogP contribution < -0.4 is 15.4 Å². The van der Waals surface area contributed by atoms with Crippen LogP contribution in [0.1, 0.15) is 28.8 Å². The average molecular weight is 421 g/mol. The molecular weight excluding hydrogens is 399 g/mol. The number of para-hydroxylation sites is 1. The van der Waals surface area contributed by atoms with E-state index in [4.69, 9.17) is 21.1 Å². The molecule has 0 bridgehead atoms. The zero-order valence-electron chi connectivity index (χ0n) is 15.8. The van der Waals surface area contributed by atoms with Crippen molar-refractivity contribution in [2.75, 3.05) is 19.8 Å². The third-order valence-corrected chi connectivity index (χ3v) is 4.81. The third kappa shape index (κ3) is 6.17. The highest BCUT2D eigenvalue weighted by atomic mass is 35.5. The van der Waals surface area contributed by atoms with Crippen LogP contribution in [0.3, 0.4) is 0 Å². The SMILES string of the molecule is O=C(COc1ccccc1CNC(=O)c1ccc(F)cc1Cl)NC[C@@H]1CCCO1. The molecular formula is C21H22ClFN2O4. The molecule has 2 aromatic carbocycles. The fourth-order valence-electron chi connectivity index (χ4n) is 2.96. The largest absolute Gasteiger partial charge is 0.483 e. The van der Waals surface area contributed by atoms with E-state index in [2.05, 4.69) is 10.6 Å². The minimum Gasteiger partial charge on any atom is -0.483 e. The number of hydrogen-bond donors (Lipinski definition) is 2. The van der Waals surface area contributed by atoms with Gasteiger partial charge in [0.2, 0.25) is 0 Å². The lowest BCUT2D eigenvalue weighted by molar-refractivity contribution is -0.123. The van der Waals surface area contributed by atoms with E-state index in [1.165, 1.54) is 12.1 Å². The molecule has 0 radical (unpaired) electrons. The summed E-state index contributed by atoms with van der Waals surface area (Å²) in [6.07, 6.45) is 2.03. The Hall–Kier alpha value is -2.64. The van der Waals surface area contributed by atoms with E-state index in [0.29, 0.717) is 17.9 Å². The molecule has 1 aliphatic rings. The van der Waals surface area contributed by atoms with Crippen LogP contribution in [0.15, 0.2) is 42.5 Å². The number of rotatable bonds is 8. The highest BCUT2D eigenvalue weighted by Gasteiger charge is 2.17. The topological polar surface area (TPSA) is 76.7 Å². The van der Waals surface area contributed by atoms with Gasteiger partial charge in [0.15, 0.2) is 6.61 Å². The number of halogens is 2. The average Bonchev–Trinajstić information content (AvgIpc) is 3.23. The summed E-state index contributed by atoms with van der Waals surface area (Å²) in [5.74, 6) is -0.690. The van der Waals surface area contributed by atoms with Gasteiger partial charge in [-0.05, 0) is 37.1 Å². The number of ether oxygens (including phenoxy) is 2. The van der Waals surface area contributed by atoms with Crippen molar-refractivity contribution in [1.82, 2.24) is 10.6 Å². The quantitative estimate of drug-likeness (QED) is 0.688. The molecule has 154 valence electrons. The monoisotopic (exact) mass is 420 g/mol. The molecule has 1 aliphatic heterocycles. The lowest BCUT2D eigenvalue weighted by Gasteiger charge is -2.14. The third-order valence-electron chi connectivity index (χ3n) is 4.50. The fourth-order valence-corrected chi connectivity index (χ4v) is 3.22. The van der Waals surface area contributed by atoms with Crippen molar-refractivity contribution >= 4 is 23.4 Å². The number of nitrogens with one attached hydrogen (secondary N) is 2. The van der Waals surface area contributed by atoms with Crippen molar-refractivity contribution in [2.24, 2.45) is 0 Å². The molecule has 0 spiro atoms. The smallest absolute Gasteiger partial charge is 0.258 e. The molecule has 6 nitrogen and oxygen atoms in total. The summed E-state index contributed by atoms with van der Waals surface area (Å²) in [5, 5.41) is 5.55. The van der Waals surface area contributed by atoms with Gasteiger partial charge < -0.3 is 20.1 Å². The number of amides is 2. The molecule has 0 aromatic heterocycles. The summed E-state index contributed by atoms with van der Waals surface area (Å²) in [5.41, 5.74) is 0.881. The molecule has 2 amide bonds. The van der Waals surface area contributed by atoms with Crippen LogP contribution in [0.2, 0.25) is 5.02 Å². The highest BCUT2D eigenvalue weighted by Crippen LogP contribution is 2.20. The molecule has 29 heavy (non-hydrogen) atoms. The van der Waals surface area contributed by atoms with Crippen molar-refractivity contribution in [2.45, 2.75) is 25.5 Å². The van der Waals surface area contributed by atoms with Gasteiger partial charge in [0.1, 0.15) is 11.6 Å². The van der Waals surface area contributed by atoms with Crippen LogP contribution in [0.4, 0.5) is 4.39 Å². The molecule has 0 aliphatic carbocycles. The van der Waals surface area contributed by atoms with Crippen molar-refractivity contribution in [3.8, 4) is 5.75 Å². The van der Waals surface area contributed by atoms with E-state index in [1.54, 1.807) is 24.3 Å². The van der Waals surface area contributed by atoms with Gasteiger partial charge in [0.25, 0.3) is 11.8 Å². The number of hydrogen-bond acceptors (Lipinski definition) is 4. The maximum atomic E-state index is 13.1. The number of carbonyl (C=O) groups is 2. The molecule has 0 saturated carbocycles. The van der Waals surface area contributed by atoms with Gasteiger partial charge in [-0.2, -0.15) is 0 Å².